The van der Waals surface area contributed by atoms with Crippen molar-refractivity contribution >= 4 is 123 Å². The summed E-state index contributed by atoms with van der Waals surface area (Å²) in [5.41, 5.74) is 6.83. The number of benzene rings is 15. The molecule has 0 saturated carbocycles. The van der Waals surface area contributed by atoms with E-state index >= 15 is 0 Å². The van der Waals surface area contributed by atoms with Crippen LogP contribution in [-0.4, -0.2) is 15.8 Å². The lowest BCUT2D eigenvalue weighted by atomic mass is 9.33. The predicted octanol–water partition coefficient (Wildman–Crippen LogP) is 27.4. The van der Waals surface area contributed by atoms with E-state index < -0.39 is 195 Å². The van der Waals surface area contributed by atoms with E-state index in [0.717, 1.165) is 36.8 Å². The number of furan rings is 1. The summed E-state index contributed by atoms with van der Waals surface area (Å²) in [4.78, 5) is 3.80. The lowest BCUT2D eigenvalue weighted by Gasteiger charge is -2.46. The molecule has 0 atom stereocenters. The molecule has 542 valence electrons. The van der Waals surface area contributed by atoms with Crippen LogP contribution in [-0.2, 0) is 21.7 Å². The first-order valence-corrected chi connectivity index (χ1v) is 38.0. The van der Waals surface area contributed by atoms with Gasteiger partial charge in [-0.3, -0.25) is 0 Å². The summed E-state index contributed by atoms with van der Waals surface area (Å²) in [6.07, 6.45) is 0. The molecule has 3 aromatic heterocycles. The molecular formula is C106H89BN4O. The van der Waals surface area contributed by atoms with Gasteiger partial charge >= 0.3 is 0 Å². The standard InChI is InChI=1S/C106H89BN4O/c1-103(2,3)72-33-23-29-67(57-72)78-42-27-43-79(68-30-24-34-73(58-68)104(4,5)6)101(78)110-94-64-76(108-90-46-18-13-37-82(90)83-38-14-19-47-91(83)108)52-54-88(94)107-89-55-53-77(109-92-48-20-15-39-84(92)85-40-16-21-49-93(85)109)65-95(89)111(97-63-71(62-96(110)100(97)107)66-51-56-99-87(61-66)86-41-17-22-50-98(86)112-99)102-80(69-31-25-35-74(59-69)105(7,8)9)44-28-45-81(102)70-32-26-36-75(60-70)106(10,11)12/h13-65H,1-12H3/i13D,14D,15D,16D,18D,19D,20D,21D,37D,38D,39D,40D,46D,47D,48D,49D,52D,53D,54D,55D,64D,65D. The smallest absolute Gasteiger partial charge is 0.252 e. The van der Waals surface area contributed by atoms with Crippen molar-refractivity contribution in [2.24, 2.45) is 0 Å². The molecule has 0 fully saturated rings. The van der Waals surface area contributed by atoms with Gasteiger partial charge in [0.15, 0.2) is 0 Å². The largest absolute Gasteiger partial charge is 0.456 e. The Morgan fingerprint density at radius 1 is 0.286 bits per heavy atom. The van der Waals surface area contributed by atoms with Crippen molar-refractivity contribution in [3.8, 4) is 67.0 Å². The zero-order valence-electron chi connectivity index (χ0n) is 86.2. The molecule has 5 nitrogen and oxygen atoms in total. The molecule has 0 aliphatic carbocycles. The van der Waals surface area contributed by atoms with Gasteiger partial charge in [-0.1, -0.05) is 325 Å². The molecule has 0 saturated heterocycles. The molecule has 0 spiro atoms. The highest BCUT2D eigenvalue weighted by Gasteiger charge is 2.46. The molecule has 0 bridgehead atoms. The molecule has 0 amide bonds. The topological polar surface area (TPSA) is 29.5 Å². The molecule has 2 aliphatic rings. The molecule has 2 aliphatic heterocycles. The number of hydrogen-bond donors (Lipinski definition) is 0. The van der Waals surface area contributed by atoms with Crippen molar-refractivity contribution in [3.05, 3.63) is 343 Å². The summed E-state index contributed by atoms with van der Waals surface area (Å²) in [6.45, 7) is 23.6. The summed E-state index contributed by atoms with van der Waals surface area (Å²) < 4.78 is 232. The van der Waals surface area contributed by atoms with Crippen molar-refractivity contribution in [3.63, 3.8) is 0 Å². The van der Waals surface area contributed by atoms with Crippen LogP contribution >= 0.6 is 0 Å². The van der Waals surface area contributed by atoms with Gasteiger partial charge in [0.25, 0.3) is 6.71 Å². The van der Waals surface area contributed by atoms with Gasteiger partial charge in [0.05, 0.1) is 63.6 Å². The molecule has 112 heavy (non-hydrogen) atoms. The van der Waals surface area contributed by atoms with E-state index in [9.17, 15) is 30.2 Å². The molecule has 15 aromatic carbocycles. The number of fused-ring (bicyclic) bond motifs is 13. The zero-order valence-corrected chi connectivity index (χ0v) is 64.2. The summed E-state index contributed by atoms with van der Waals surface area (Å²) >= 11 is 0. The highest BCUT2D eigenvalue weighted by molar-refractivity contribution is 7.00. The van der Waals surface area contributed by atoms with Crippen LogP contribution in [0.25, 0.3) is 133 Å². The summed E-state index contributed by atoms with van der Waals surface area (Å²) in [6, 6.07) is 45.5. The number of hydrogen-bond acceptors (Lipinski definition) is 3. The minimum Gasteiger partial charge on any atom is -0.456 e. The number of anilines is 6. The first kappa shape index (κ1) is 48.8. The molecule has 6 heteroatoms. The van der Waals surface area contributed by atoms with Crippen molar-refractivity contribution < 1.29 is 34.6 Å². The second-order valence-corrected chi connectivity index (χ2v) is 33.6. The van der Waals surface area contributed by atoms with Crippen molar-refractivity contribution in [1.29, 1.82) is 0 Å². The number of para-hydroxylation sites is 7. The molecule has 0 radical (unpaired) electrons. The lowest BCUT2D eigenvalue weighted by Crippen LogP contribution is -2.61. The second kappa shape index (κ2) is 25.5. The first-order chi connectivity index (χ1) is 63.3. The number of nitrogens with zero attached hydrogens (tertiary/aromatic N) is 4. The normalized spacial score (nSPS) is 15.9. The Morgan fingerprint density at radius 3 is 1.01 bits per heavy atom. The fourth-order valence-corrected chi connectivity index (χ4v) is 16.7. The van der Waals surface area contributed by atoms with Crippen LogP contribution in [0, 0.1) is 0 Å². The quantitative estimate of drug-likeness (QED) is 0.135. The molecule has 18 aromatic rings. The summed E-state index contributed by atoms with van der Waals surface area (Å²) in [7, 11) is 0. The van der Waals surface area contributed by atoms with E-state index in [2.05, 4.69) is 107 Å². The van der Waals surface area contributed by atoms with Crippen LogP contribution in [0.1, 0.15) is 135 Å². The Balaban J connectivity index is 1.08. The van der Waals surface area contributed by atoms with Crippen molar-refractivity contribution in [2.45, 2.75) is 105 Å². The maximum absolute atomic E-state index is 12.0. The van der Waals surface area contributed by atoms with Crippen LogP contribution in [0.4, 0.5) is 34.1 Å². The fourth-order valence-electron chi connectivity index (χ4n) is 16.7. The maximum atomic E-state index is 12.0. The van der Waals surface area contributed by atoms with E-state index in [1.807, 2.05) is 174 Å². The van der Waals surface area contributed by atoms with Gasteiger partial charge in [0.1, 0.15) is 11.2 Å². The third kappa shape index (κ3) is 11.1. The number of aromatic nitrogens is 2. The van der Waals surface area contributed by atoms with Gasteiger partial charge < -0.3 is 23.4 Å². The van der Waals surface area contributed by atoms with Crippen LogP contribution in [0.5, 0.6) is 0 Å². The zero-order chi connectivity index (χ0) is 95.6. The highest BCUT2D eigenvalue weighted by Crippen LogP contribution is 2.56. The molecule has 20 rings (SSSR count). The predicted molar refractivity (Wildman–Crippen MR) is 478 cm³/mol. The second-order valence-electron chi connectivity index (χ2n) is 33.6. The van der Waals surface area contributed by atoms with Crippen LogP contribution < -0.4 is 26.2 Å². The van der Waals surface area contributed by atoms with E-state index in [0.29, 0.717) is 83.6 Å². The Bertz CT molecular complexity index is 7580. The summed E-state index contributed by atoms with van der Waals surface area (Å²) in [5, 5.41) is 0.0309. The first-order valence-electron chi connectivity index (χ1n) is 49.0. The maximum Gasteiger partial charge on any atom is 0.252 e. The van der Waals surface area contributed by atoms with Crippen LogP contribution in [0.2, 0.25) is 0 Å². The third-order valence-corrected chi connectivity index (χ3v) is 22.4. The SMILES string of the molecule is [2H]c1c([2H])c(-n2c3c([2H])c([2H])c([2H])c([2H])c3c3c([2H])c([2H])c([2H])c([2H])c32)c([2H])c2c1B1c3c(cc(-c4ccc5oc6ccccc6c5c4)cc3N(c3c(-c4cccc(C(C)(C)C)c4)cccc3-c3cccc(C(C)(C)C)c3)c3c([2H])c(-n4c5c([2H])c([2H])c([2H])c([2H])c5c5c([2H])c([2H])c([2H])c([2H])c54)c([2H])c([2H])c31)N2c1c(-c2cccc(C(C)(C)C)c2)cccc1-c1cccc(C(C)(C)C)c1. The Kier molecular flexibility index (Phi) is 11.1. The van der Waals surface area contributed by atoms with Crippen molar-refractivity contribution in [2.75, 3.05) is 9.80 Å². The average molecular weight is 1470 g/mol. The lowest BCUT2D eigenvalue weighted by molar-refractivity contribution is 0.590. The van der Waals surface area contributed by atoms with E-state index in [-0.39, 0.29) is 60.7 Å². The van der Waals surface area contributed by atoms with E-state index in [1.165, 1.54) is 0 Å². The van der Waals surface area contributed by atoms with Crippen molar-refractivity contribution in [1.82, 2.24) is 9.13 Å². The minimum atomic E-state index is -1.72. The fraction of sp³-hybridized carbons (Fsp3) is 0.151. The summed E-state index contributed by atoms with van der Waals surface area (Å²) in [5.74, 6) is 0. The monoisotopic (exact) mass is 1470 g/mol. The van der Waals surface area contributed by atoms with E-state index in [4.69, 9.17) is 4.42 Å². The molecule has 0 unspecified atom stereocenters. The van der Waals surface area contributed by atoms with Gasteiger partial charge in [-0.25, -0.2) is 0 Å². The Hall–Kier alpha value is -12.6. The minimum absolute atomic E-state index is 0.181. The highest BCUT2D eigenvalue weighted by atomic mass is 16.3. The molecular weight excluding hydrogens is 1360 g/mol. The van der Waals surface area contributed by atoms with Crippen LogP contribution in [0.3, 0.4) is 0 Å². The molecule has 5 heterocycles. The van der Waals surface area contributed by atoms with Gasteiger partial charge in [0, 0.05) is 88.7 Å². The van der Waals surface area contributed by atoms with Crippen LogP contribution in [0.15, 0.2) is 325 Å². The third-order valence-electron chi connectivity index (χ3n) is 22.4. The number of rotatable bonds is 9. The van der Waals surface area contributed by atoms with Gasteiger partial charge in [-0.2, -0.15) is 0 Å². The van der Waals surface area contributed by atoms with Gasteiger partial charge in [0.2, 0.25) is 0 Å². The van der Waals surface area contributed by atoms with Gasteiger partial charge in [-0.15, -0.1) is 0 Å². The molecule has 0 N–H and O–H groups in total. The van der Waals surface area contributed by atoms with E-state index in [1.54, 1.807) is 0 Å². The Morgan fingerprint density at radius 2 is 0.634 bits per heavy atom. The average Bonchev–Trinajstić information content (AvgIpc) is 1.26. The Labute approximate surface area is 688 Å². The van der Waals surface area contributed by atoms with Gasteiger partial charge in [-0.05, 0) is 172 Å².